The van der Waals surface area contributed by atoms with Crippen LogP contribution in [0.1, 0.15) is 0 Å². The summed E-state index contributed by atoms with van der Waals surface area (Å²) in [6, 6.07) is 0. The van der Waals surface area contributed by atoms with E-state index >= 15 is 0 Å². The van der Waals surface area contributed by atoms with Gasteiger partial charge in [-0.3, -0.25) is 0 Å². The standard InChI is InChI=1S/5ClH.V/h5*1H;/q;;;;;+2/p-5. The molecule has 0 saturated carbocycles. The van der Waals surface area contributed by atoms with E-state index in [4.69, 9.17) is 0 Å². The van der Waals surface area contributed by atoms with Crippen LogP contribution in [0, 0.1) is 0 Å². The molecule has 0 aliphatic carbocycles. The van der Waals surface area contributed by atoms with Crippen molar-refractivity contribution in [2.75, 3.05) is 0 Å². The van der Waals surface area contributed by atoms with Crippen LogP contribution in [0.2, 0.25) is 0 Å². The molecule has 0 nitrogen and oxygen atoms in total. The molecule has 0 atom stereocenters. The monoisotopic (exact) mass is 226 g/mol. The summed E-state index contributed by atoms with van der Waals surface area (Å²) in [6.07, 6.45) is 0. The van der Waals surface area contributed by atoms with Gasteiger partial charge in [-0.15, -0.1) is 0 Å². The van der Waals surface area contributed by atoms with E-state index in [0.717, 1.165) is 0 Å². The van der Waals surface area contributed by atoms with Gasteiger partial charge >= 0.3 is 18.6 Å². The van der Waals surface area contributed by atoms with E-state index in [9.17, 15) is 0 Å². The first kappa shape index (κ1) is 96.1. The zero-order chi connectivity index (χ0) is 0. The van der Waals surface area contributed by atoms with Crippen LogP contribution >= 0.6 is 0 Å². The fraction of sp³-hybridized carbons (Fsp3) is 0. The minimum absolute atomic E-state index is 0. The van der Waals surface area contributed by atoms with E-state index in [-0.39, 0.29) is 80.6 Å². The van der Waals surface area contributed by atoms with E-state index in [0.29, 0.717) is 0 Å². The molecule has 0 aromatic carbocycles. The molecule has 0 saturated heterocycles. The minimum atomic E-state index is 0. The SMILES string of the molecule is [Cl-].[Cl-].[Cl-].[Cl-].[Cl-].[V+2]. The van der Waals surface area contributed by atoms with Crippen molar-refractivity contribution in [3.8, 4) is 0 Å². The van der Waals surface area contributed by atoms with Gasteiger partial charge in [0.1, 0.15) is 0 Å². The second kappa shape index (κ2) is 61.9. The molecular formula is Cl5V-3. The van der Waals surface area contributed by atoms with Gasteiger partial charge in [0.15, 0.2) is 0 Å². The van der Waals surface area contributed by atoms with E-state index in [1.165, 1.54) is 0 Å². The molecule has 0 bridgehead atoms. The molecule has 0 aromatic heterocycles. The number of hydrogen-bond acceptors (Lipinski definition) is 0. The summed E-state index contributed by atoms with van der Waals surface area (Å²) in [6.45, 7) is 0. The Morgan fingerprint density at radius 1 is 0.333 bits per heavy atom. The Morgan fingerprint density at radius 3 is 0.333 bits per heavy atom. The quantitative estimate of drug-likeness (QED) is 0.386. The Morgan fingerprint density at radius 2 is 0.333 bits per heavy atom. The third-order valence-electron chi connectivity index (χ3n) is 0. The molecule has 43 valence electrons. The predicted molar refractivity (Wildman–Crippen MR) is 0 cm³/mol. The smallest absolute Gasteiger partial charge is 1.00 e. The second-order valence-corrected chi connectivity index (χ2v) is 0. The fourth-order valence-corrected chi connectivity index (χ4v) is 0. The van der Waals surface area contributed by atoms with Gasteiger partial charge in [-0.1, -0.05) is 0 Å². The summed E-state index contributed by atoms with van der Waals surface area (Å²) in [4.78, 5) is 0. The van der Waals surface area contributed by atoms with Gasteiger partial charge in [-0.2, -0.15) is 0 Å². The summed E-state index contributed by atoms with van der Waals surface area (Å²) in [5.41, 5.74) is 0. The van der Waals surface area contributed by atoms with Gasteiger partial charge in [0, 0.05) is 0 Å². The predicted octanol–water partition coefficient (Wildman–Crippen LogP) is -15.0. The third kappa shape index (κ3) is 37.0. The summed E-state index contributed by atoms with van der Waals surface area (Å²) >= 11 is 0. The number of halogens is 5. The van der Waals surface area contributed by atoms with Crippen molar-refractivity contribution >= 4 is 0 Å². The Hall–Kier alpha value is 2.03. The van der Waals surface area contributed by atoms with E-state index < -0.39 is 0 Å². The largest absolute Gasteiger partial charge is 2.00 e. The first-order valence-electron chi connectivity index (χ1n) is 0. The van der Waals surface area contributed by atoms with E-state index in [1.807, 2.05) is 0 Å². The van der Waals surface area contributed by atoms with E-state index in [1.54, 1.807) is 0 Å². The van der Waals surface area contributed by atoms with Crippen LogP contribution < -0.4 is 62.0 Å². The summed E-state index contributed by atoms with van der Waals surface area (Å²) in [5, 5.41) is 0. The Balaban J connectivity index is 0. The Bertz CT molecular complexity index is 3.90. The first-order chi connectivity index (χ1) is 0. The van der Waals surface area contributed by atoms with Gasteiger partial charge in [0.05, 0.1) is 0 Å². The summed E-state index contributed by atoms with van der Waals surface area (Å²) in [7, 11) is 0. The molecule has 0 fully saturated rings. The molecule has 6 heteroatoms. The van der Waals surface area contributed by atoms with Crippen LogP contribution in [0.25, 0.3) is 0 Å². The van der Waals surface area contributed by atoms with Crippen molar-refractivity contribution in [2.24, 2.45) is 0 Å². The minimum Gasteiger partial charge on any atom is -1.00 e. The van der Waals surface area contributed by atoms with Gasteiger partial charge in [-0.25, -0.2) is 0 Å². The molecule has 0 amide bonds. The maximum absolute atomic E-state index is 0. The fourth-order valence-electron chi connectivity index (χ4n) is 0. The van der Waals surface area contributed by atoms with Crippen molar-refractivity contribution in [3.63, 3.8) is 0 Å². The first-order valence-corrected chi connectivity index (χ1v) is 0. The molecule has 0 aromatic rings. The van der Waals surface area contributed by atoms with Gasteiger partial charge in [-0.05, 0) is 0 Å². The van der Waals surface area contributed by atoms with Crippen molar-refractivity contribution in [3.05, 3.63) is 0 Å². The summed E-state index contributed by atoms with van der Waals surface area (Å²) in [5.74, 6) is 0. The molecule has 0 rings (SSSR count). The molecule has 0 aliphatic heterocycles. The number of hydrogen-bond donors (Lipinski definition) is 0. The zero-order valence-corrected chi connectivity index (χ0v) is 7.51. The Labute approximate surface area is 80.1 Å². The van der Waals surface area contributed by atoms with E-state index in [2.05, 4.69) is 0 Å². The average Bonchev–Trinajstić information content (AvgIpc) is 0. The van der Waals surface area contributed by atoms with Crippen molar-refractivity contribution in [2.45, 2.75) is 0 Å². The maximum Gasteiger partial charge on any atom is 2.00 e. The molecule has 1 radical (unpaired) electrons. The van der Waals surface area contributed by atoms with Crippen LogP contribution in [0.3, 0.4) is 0 Å². The van der Waals surface area contributed by atoms with Crippen molar-refractivity contribution < 1.29 is 80.6 Å². The topological polar surface area (TPSA) is 0 Å². The molecular weight excluding hydrogens is 228 g/mol. The van der Waals surface area contributed by atoms with Gasteiger partial charge in [0.2, 0.25) is 0 Å². The molecule has 0 N–H and O–H groups in total. The normalized spacial score (nSPS) is 0. The van der Waals surface area contributed by atoms with Crippen LogP contribution in [-0.4, -0.2) is 0 Å². The molecule has 0 unspecified atom stereocenters. The molecule has 6 heavy (non-hydrogen) atoms. The Kier molecular flexibility index (Phi) is 991. The number of rotatable bonds is 0. The van der Waals surface area contributed by atoms with Crippen molar-refractivity contribution in [1.82, 2.24) is 0 Å². The zero-order valence-electron chi connectivity index (χ0n) is 2.34. The van der Waals surface area contributed by atoms with Crippen LogP contribution in [0.15, 0.2) is 0 Å². The van der Waals surface area contributed by atoms with Crippen LogP contribution in [0.4, 0.5) is 0 Å². The summed E-state index contributed by atoms with van der Waals surface area (Å²) < 4.78 is 0. The van der Waals surface area contributed by atoms with Crippen LogP contribution in [-0.2, 0) is 18.6 Å². The van der Waals surface area contributed by atoms with Gasteiger partial charge < -0.3 is 62.0 Å². The maximum atomic E-state index is 0. The third-order valence-corrected chi connectivity index (χ3v) is 0. The molecule has 0 heterocycles. The van der Waals surface area contributed by atoms with Gasteiger partial charge in [0.25, 0.3) is 0 Å². The average molecular weight is 228 g/mol. The van der Waals surface area contributed by atoms with Crippen LogP contribution in [0.5, 0.6) is 0 Å². The molecule has 0 spiro atoms. The molecule has 0 aliphatic rings. The second-order valence-electron chi connectivity index (χ2n) is 0. The van der Waals surface area contributed by atoms with Crippen molar-refractivity contribution in [1.29, 1.82) is 0 Å².